The molecule has 3 nitrogen and oxygen atoms in total. The number of carbonyl (C=O) groups excluding carboxylic acids is 1. The number of hydrogen-bond donors (Lipinski definition) is 0. The average molecular weight is 568 g/mol. The Kier molecular flexibility index (Phi) is 6.90. The van der Waals surface area contributed by atoms with E-state index in [2.05, 4.69) is 5.16 Å². The summed E-state index contributed by atoms with van der Waals surface area (Å²) in [6, 6.07) is 3.80. The Labute approximate surface area is 204 Å². The van der Waals surface area contributed by atoms with E-state index in [1.54, 1.807) is 0 Å². The predicted octanol–water partition coefficient (Wildman–Crippen LogP) is 8.83. The van der Waals surface area contributed by atoms with Gasteiger partial charge in [-0.1, -0.05) is 28.4 Å². The third-order valence-electron chi connectivity index (χ3n) is 4.97. The highest BCUT2D eigenvalue weighted by Crippen LogP contribution is 2.55. The highest BCUT2D eigenvalue weighted by molar-refractivity contribution is 6.34. The van der Waals surface area contributed by atoms with Gasteiger partial charge in [-0.15, -0.1) is 0 Å². The minimum Gasteiger partial charge on any atom is -0.356 e. The van der Waals surface area contributed by atoms with Crippen LogP contribution in [0, 0.1) is 0 Å². The fourth-order valence-electron chi connectivity index (χ4n) is 3.25. The Morgan fingerprint density at radius 1 is 0.833 bits per heavy atom. The number of benzene rings is 2. The molecule has 0 saturated heterocycles. The van der Waals surface area contributed by atoms with Gasteiger partial charge in [0.1, 0.15) is 5.69 Å². The van der Waals surface area contributed by atoms with Gasteiger partial charge in [0.25, 0.3) is 0 Å². The molecular formula is C21H9Cl2F10NO2. The van der Waals surface area contributed by atoms with E-state index in [9.17, 15) is 48.7 Å². The zero-order chi connectivity index (χ0) is 27.4. The quantitative estimate of drug-likeness (QED) is 0.234. The van der Waals surface area contributed by atoms with Gasteiger partial charge in [0.2, 0.25) is 0 Å². The third kappa shape index (κ3) is 4.77. The highest BCUT2D eigenvalue weighted by atomic mass is 35.5. The number of hydrogen-bond acceptors (Lipinski definition) is 3. The van der Waals surface area contributed by atoms with Crippen molar-refractivity contribution in [1.82, 2.24) is 5.16 Å². The second-order valence-electron chi connectivity index (χ2n) is 7.36. The summed E-state index contributed by atoms with van der Waals surface area (Å²) in [7, 11) is 0. The van der Waals surface area contributed by atoms with E-state index in [-0.39, 0.29) is 28.0 Å². The molecule has 1 aromatic heterocycles. The Hall–Kier alpha value is -2.80. The Bertz CT molecular complexity index is 1310. The first-order valence-corrected chi connectivity index (χ1v) is 10.1. The van der Waals surface area contributed by atoms with Crippen molar-refractivity contribution in [3.63, 3.8) is 0 Å². The Morgan fingerprint density at radius 2 is 1.42 bits per heavy atom. The SMILES string of the molecule is CC(=O)c1cc(-c2cc(-c3c(Cl)cc(C(F)(C(F)(F)F)C(F)(F)F)cc3C(F)(F)F)no2)ccc1Cl. The van der Waals surface area contributed by atoms with Crippen molar-refractivity contribution < 1.29 is 53.2 Å². The maximum absolute atomic E-state index is 14.4. The van der Waals surface area contributed by atoms with Gasteiger partial charge in [-0.05, 0) is 37.3 Å². The van der Waals surface area contributed by atoms with Crippen molar-refractivity contribution in [2.24, 2.45) is 0 Å². The number of ketones is 1. The zero-order valence-electron chi connectivity index (χ0n) is 17.3. The smallest absolute Gasteiger partial charge is 0.356 e. The molecule has 0 aliphatic heterocycles. The third-order valence-corrected chi connectivity index (χ3v) is 5.60. The van der Waals surface area contributed by atoms with Gasteiger partial charge in [-0.2, -0.15) is 39.5 Å². The first kappa shape index (κ1) is 27.8. The second kappa shape index (κ2) is 8.94. The Balaban J connectivity index is 2.24. The molecule has 15 heteroatoms. The van der Waals surface area contributed by atoms with E-state index in [1.165, 1.54) is 25.1 Å². The molecule has 0 unspecified atom stereocenters. The van der Waals surface area contributed by atoms with Crippen LogP contribution >= 0.6 is 23.2 Å². The molecule has 0 fully saturated rings. The van der Waals surface area contributed by atoms with Crippen molar-refractivity contribution in [3.05, 3.63) is 63.1 Å². The first-order chi connectivity index (χ1) is 16.3. The second-order valence-corrected chi connectivity index (χ2v) is 8.17. The molecule has 0 spiro atoms. The lowest BCUT2D eigenvalue weighted by Gasteiger charge is -2.31. The fraction of sp³-hybridized carbons (Fsp3) is 0.238. The van der Waals surface area contributed by atoms with Crippen molar-refractivity contribution in [1.29, 1.82) is 0 Å². The molecule has 0 bridgehead atoms. The van der Waals surface area contributed by atoms with Gasteiger partial charge >= 0.3 is 24.2 Å². The average Bonchev–Trinajstić information content (AvgIpc) is 3.20. The summed E-state index contributed by atoms with van der Waals surface area (Å²) in [6.07, 6.45) is -18.9. The lowest BCUT2D eigenvalue weighted by Crippen LogP contribution is -2.50. The largest absolute Gasteiger partial charge is 0.435 e. The van der Waals surface area contributed by atoms with Gasteiger partial charge in [0, 0.05) is 28.3 Å². The molecule has 0 N–H and O–H groups in total. The number of nitrogens with zero attached hydrogens (tertiary/aromatic N) is 1. The van der Waals surface area contributed by atoms with E-state index in [1.807, 2.05) is 0 Å². The minimum atomic E-state index is -6.66. The molecule has 0 atom stereocenters. The number of alkyl halides is 10. The van der Waals surface area contributed by atoms with Crippen LogP contribution in [0.4, 0.5) is 43.9 Å². The van der Waals surface area contributed by atoms with Crippen LogP contribution in [0.25, 0.3) is 22.6 Å². The van der Waals surface area contributed by atoms with E-state index in [0.29, 0.717) is 0 Å². The van der Waals surface area contributed by atoms with Gasteiger partial charge in [0.15, 0.2) is 11.5 Å². The molecule has 3 aromatic rings. The van der Waals surface area contributed by atoms with Crippen molar-refractivity contribution in [3.8, 4) is 22.6 Å². The van der Waals surface area contributed by atoms with Gasteiger partial charge in [-0.3, -0.25) is 4.79 Å². The van der Waals surface area contributed by atoms with Crippen molar-refractivity contribution in [2.45, 2.75) is 31.1 Å². The molecule has 0 amide bonds. The molecule has 3 rings (SSSR count). The standard InChI is InChI=1S/C21H9Cl2F10NO2/c1-8(35)11-4-9(2-3-13(11)22)16-7-15(34-36-16)17-12(19(25,26)27)5-10(6-14(17)23)18(24,20(28,29)30)21(31,32)33/h2-7H,1H3. The van der Waals surface area contributed by atoms with Gasteiger partial charge < -0.3 is 4.52 Å². The normalized spacial score (nSPS) is 13.2. The Morgan fingerprint density at radius 3 is 1.92 bits per heavy atom. The van der Waals surface area contributed by atoms with Crippen LogP contribution in [-0.4, -0.2) is 23.3 Å². The van der Waals surface area contributed by atoms with Crippen LogP contribution in [-0.2, 0) is 11.8 Å². The summed E-state index contributed by atoms with van der Waals surface area (Å²) >= 11 is 11.6. The summed E-state index contributed by atoms with van der Waals surface area (Å²) < 4.78 is 139. The molecule has 0 radical (unpaired) electrons. The van der Waals surface area contributed by atoms with Crippen LogP contribution in [0.1, 0.15) is 28.4 Å². The maximum atomic E-state index is 14.4. The minimum absolute atomic E-state index is 0.0177. The summed E-state index contributed by atoms with van der Waals surface area (Å²) in [5, 5.41) is 2.11. The van der Waals surface area contributed by atoms with Crippen LogP contribution in [0.15, 0.2) is 40.9 Å². The lowest BCUT2D eigenvalue weighted by molar-refractivity contribution is -0.348. The number of aromatic nitrogens is 1. The highest BCUT2D eigenvalue weighted by Gasteiger charge is 2.73. The predicted molar refractivity (Wildman–Crippen MR) is 107 cm³/mol. The molecule has 36 heavy (non-hydrogen) atoms. The monoisotopic (exact) mass is 567 g/mol. The molecular weight excluding hydrogens is 559 g/mol. The number of Topliss-reactive ketones (excluding diaryl/α,β-unsaturated/α-hetero) is 1. The number of carbonyl (C=O) groups is 1. The van der Waals surface area contributed by atoms with Crippen LogP contribution < -0.4 is 0 Å². The first-order valence-electron chi connectivity index (χ1n) is 9.30. The summed E-state index contributed by atoms with van der Waals surface area (Å²) in [5.41, 5.74) is -12.5. The van der Waals surface area contributed by atoms with Gasteiger partial charge in [-0.25, -0.2) is 4.39 Å². The molecule has 1 heterocycles. The van der Waals surface area contributed by atoms with Crippen molar-refractivity contribution >= 4 is 29.0 Å². The summed E-state index contributed by atoms with van der Waals surface area (Å²) in [5.74, 6) is -0.716. The number of rotatable bonds is 4. The molecule has 2 aromatic carbocycles. The molecule has 0 saturated carbocycles. The van der Waals surface area contributed by atoms with Crippen LogP contribution in [0.5, 0.6) is 0 Å². The topological polar surface area (TPSA) is 43.1 Å². The van der Waals surface area contributed by atoms with Crippen LogP contribution in [0.3, 0.4) is 0 Å². The molecule has 194 valence electrons. The zero-order valence-corrected chi connectivity index (χ0v) is 18.8. The van der Waals surface area contributed by atoms with Crippen LogP contribution in [0.2, 0.25) is 10.0 Å². The lowest BCUT2D eigenvalue weighted by atomic mass is 9.90. The van der Waals surface area contributed by atoms with Crippen molar-refractivity contribution in [2.75, 3.05) is 0 Å². The molecule has 0 aliphatic rings. The van der Waals surface area contributed by atoms with E-state index in [4.69, 9.17) is 27.7 Å². The van der Waals surface area contributed by atoms with E-state index >= 15 is 0 Å². The number of halogens is 12. The maximum Gasteiger partial charge on any atom is 0.435 e. The molecule has 0 aliphatic carbocycles. The van der Waals surface area contributed by atoms with Gasteiger partial charge in [0.05, 0.1) is 15.6 Å². The summed E-state index contributed by atoms with van der Waals surface area (Å²) in [4.78, 5) is 11.7. The van der Waals surface area contributed by atoms with E-state index in [0.717, 1.165) is 6.07 Å². The summed E-state index contributed by atoms with van der Waals surface area (Å²) in [6.45, 7) is 1.18. The fourth-order valence-corrected chi connectivity index (χ4v) is 3.82. The van der Waals surface area contributed by atoms with E-state index < -0.39 is 63.5 Å².